The van der Waals surface area contributed by atoms with Gasteiger partial charge in [0.2, 0.25) is 27.7 Å². The van der Waals surface area contributed by atoms with Gasteiger partial charge >= 0.3 is 0 Å². The Bertz CT molecular complexity index is 2130. The van der Waals surface area contributed by atoms with Crippen molar-refractivity contribution < 1.29 is 32.3 Å². The molecule has 0 spiro atoms. The first-order valence-electron chi connectivity index (χ1n) is 24.4. The van der Waals surface area contributed by atoms with Gasteiger partial charge in [-0.25, -0.2) is 13.4 Å². The number of thiazole rings is 1. The number of anilines is 1. The van der Waals surface area contributed by atoms with Crippen molar-refractivity contribution in [3.63, 3.8) is 0 Å². The van der Waals surface area contributed by atoms with Crippen LogP contribution < -0.4 is 21.1 Å². The second-order valence-corrected chi connectivity index (χ2v) is 22.0. The number of carbonyl (C=O) groups excluding carboxylic acids is 4. The van der Waals surface area contributed by atoms with Crippen molar-refractivity contribution in [2.24, 2.45) is 17.3 Å². The first-order valence-corrected chi connectivity index (χ1v) is 26.9. The van der Waals surface area contributed by atoms with Crippen molar-refractivity contribution >= 4 is 50.7 Å². The van der Waals surface area contributed by atoms with Crippen LogP contribution in [0.3, 0.4) is 0 Å². The highest BCUT2D eigenvalue weighted by Gasteiger charge is 2.39. The van der Waals surface area contributed by atoms with Crippen molar-refractivity contribution in [3.05, 3.63) is 81.8 Å². The summed E-state index contributed by atoms with van der Waals surface area (Å²) < 4.78 is 34.9. The molecule has 372 valence electrons. The second-order valence-electron chi connectivity index (χ2n) is 19.4. The van der Waals surface area contributed by atoms with Crippen LogP contribution in [-0.2, 0) is 41.3 Å². The number of piperidine rings is 1. The molecule has 6 atom stereocenters. The van der Waals surface area contributed by atoms with Crippen molar-refractivity contribution in [2.75, 3.05) is 32.5 Å². The molecule has 14 nitrogen and oxygen atoms in total. The van der Waals surface area contributed by atoms with Gasteiger partial charge in [0, 0.05) is 48.1 Å². The van der Waals surface area contributed by atoms with Crippen LogP contribution >= 0.6 is 11.3 Å². The Morgan fingerprint density at radius 3 is 2.28 bits per heavy atom. The van der Waals surface area contributed by atoms with Crippen LogP contribution in [0, 0.1) is 17.3 Å². The molecule has 2 aromatic carbocycles. The Morgan fingerprint density at radius 2 is 1.66 bits per heavy atom. The number of benzene rings is 2. The molecule has 0 bridgehead atoms. The lowest BCUT2D eigenvalue weighted by molar-refractivity contribution is -0.143. The average molecular weight is 966 g/mol. The summed E-state index contributed by atoms with van der Waals surface area (Å²) in [6.45, 7) is 17.5. The van der Waals surface area contributed by atoms with Gasteiger partial charge in [0.15, 0.2) is 0 Å². The number of aromatic nitrogens is 1. The number of nitrogens with two attached hydrogens (primary N) is 1. The molecule has 4 amide bonds. The van der Waals surface area contributed by atoms with Gasteiger partial charge in [-0.2, -0.15) is 0 Å². The molecule has 67 heavy (non-hydrogen) atoms. The maximum Gasteiger partial charge on any atom is 0.270 e. The minimum absolute atomic E-state index is 0.0329. The number of carbonyl (C=O) groups is 4. The summed E-state index contributed by atoms with van der Waals surface area (Å²) in [4.78, 5) is 65.5. The van der Waals surface area contributed by atoms with Crippen LogP contribution in [-0.4, -0.2) is 97.7 Å². The van der Waals surface area contributed by atoms with Crippen LogP contribution in [0.25, 0.3) is 0 Å². The number of rotatable bonds is 27. The molecule has 0 saturated carbocycles. The fraction of sp³-hybridized carbons (Fsp3) is 0.627. The van der Waals surface area contributed by atoms with E-state index in [1.807, 2.05) is 56.1 Å². The topological polar surface area (TPSA) is 193 Å². The number of unbranched alkanes of at least 4 members (excludes halogenated alkanes) is 3. The monoisotopic (exact) mass is 966 g/mol. The Hall–Kier alpha value is -4.38. The van der Waals surface area contributed by atoms with Gasteiger partial charge in [-0.3, -0.25) is 28.8 Å². The lowest BCUT2D eigenvalue weighted by Gasteiger charge is -2.40. The van der Waals surface area contributed by atoms with E-state index in [1.165, 1.54) is 11.3 Å². The van der Waals surface area contributed by atoms with Gasteiger partial charge in [0.25, 0.3) is 5.91 Å². The minimum atomic E-state index is -4.04. The van der Waals surface area contributed by atoms with Crippen molar-refractivity contribution in [1.29, 1.82) is 0 Å². The Kier molecular flexibility index (Phi) is 21.8. The van der Waals surface area contributed by atoms with Gasteiger partial charge in [-0.1, -0.05) is 123 Å². The number of hydrogen-bond donors (Lipinski definition) is 4. The molecule has 3 aromatic rings. The van der Waals surface area contributed by atoms with E-state index in [4.69, 9.17) is 15.5 Å². The zero-order valence-electron chi connectivity index (χ0n) is 41.5. The van der Waals surface area contributed by atoms with Gasteiger partial charge in [-0.05, 0) is 87.7 Å². The van der Waals surface area contributed by atoms with E-state index in [0.29, 0.717) is 42.3 Å². The van der Waals surface area contributed by atoms with Gasteiger partial charge in [0.05, 0.1) is 11.8 Å². The third kappa shape index (κ3) is 17.0. The molecule has 2 unspecified atom stereocenters. The van der Waals surface area contributed by atoms with Gasteiger partial charge in [-0.15, -0.1) is 11.3 Å². The van der Waals surface area contributed by atoms with E-state index in [-0.39, 0.29) is 47.8 Å². The molecule has 5 N–H and O–H groups in total. The number of amides is 4. The number of sulfonamides is 1. The van der Waals surface area contributed by atoms with Crippen LogP contribution in [0.1, 0.15) is 152 Å². The number of nitrogens with one attached hydrogen (secondary N) is 3. The summed E-state index contributed by atoms with van der Waals surface area (Å²) in [6, 6.07) is 14.2. The molecule has 16 heteroatoms. The van der Waals surface area contributed by atoms with Crippen LogP contribution in [0.2, 0.25) is 0 Å². The number of likely N-dealkylation sites (N-methyl/N-ethyl adjacent to an activating group) is 1. The summed E-state index contributed by atoms with van der Waals surface area (Å²) in [5.74, 6) is -1.73. The number of nitrogens with zero attached hydrogens (tertiary/aromatic N) is 3. The molecule has 1 aromatic heterocycles. The first kappa shape index (κ1) is 55.2. The minimum Gasteiger partial charge on any atom is -0.399 e. The highest BCUT2D eigenvalue weighted by molar-refractivity contribution is 7.89. The summed E-state index contributed by atoms with van der Waals surface area (Å²) in [5, 5.41) is 8.65. The third-order valence-electron chi connectivity index (χ3n) is 13.0. The Balaban J connectivity index is 1.57. The highest BCUT2D eigenvalue weighted by Crippen LogP contribution is 2.32. The van der Waals surface area contributed by atoms with E-state index >= 15 is 0 Å². The summed E-state index contributed by atoms with van der Waals surface area (Å²) in [6.07, 6.45) is 7.88. The molecular formula is C51H79N7O7S2. The standard InChI is InChI=1S/C51H79N7O7S2/c1-10-13-14-19-29-58(49(61)45(36(6)11-2)55-47(60)42-23-18-20-28-57(42)9)43(35(4)5)31-44(65-12-3)48-54-41(33-66-48)46(59)53-40(30-37-21-16-15-17-22-37)32-51(7,8)50(62)56-67(63,64)34-38-24-26-39(52)27-25-38/h15-17,21-22,24-27,33,35-36,40,42-45H,10-14,18-20,23,28-32,34,52H2,1-9H3,(H,53,59)(H,55,60)(H,56,62)/t36?,40-,42+,43+,44+,45?/m0/s1. The van der Waals surface area contributed by atoms with Crippen LogP contribution in [0.4, 0.5) is 5.69 Å². The molecule has 1 saturated heterocycles. The molecule has 1 fully saturated rings. The zero-order valence-corrected chi connectivity index (χ0v) is 43.1. The highest BCUT2D eigenvalue weighted by atomic mass is 32.2. The number of nitrogen functional groups attached to an aromatic ring is 1. The van der Waals surface area contributed by atoms with Crippen molar-refractivity contribution in [3.8, 4) is 0 Å². The predicted molar refractivity (Wildman–Crippen MR) is 269 cm³/mol. The van der Waals surface area contributed by atoms with E-state index in [0.717, 1.165) is 63.5 Å². The SMILES string of the molecule is CCCCCCN(C(=O)C(NC(=O)[C@H]1CCCCN1C)C(C)CC)[C@H](C[C@@H](OCC)c1nc(C(=O)N[C@@H](Cc2ccccc2)CC(C)(C)C(=O)NS(=O)(=O)Cc2ccc(N)cc2)cs1)C(C)C. The lowest BCUT2D eigenvalue weighted by Crippen LogP contribution is -2.59. The number of likely N-dealkylation sites (tertiary alicyclic amines) is 1. The molecule has 1 aliphatic heterocycles. The van der Waals surface area contributed by atoms with E-state index in [2.05, 4.69) is 48.0 Å². The quantitative estimate of drug-likeness (QED) is 0.0429. The van der Waals surface area contributed by atoms with Gasteiger partial charge in [0.1, 0.15) is 22.8 Å². The molecule has 4 rings (SSSR count). The van der Waals surface area contributed by atoms with E-state index in [1.54, 1.807) is 43.5 Å². The third-order valence-corrected chi connectivity index (χ3v) is 15.2. The lowest BCUT2D eigenvalue weighted by atomic mass is 9.83. The van der Waals surface area contributed by atoms with Crippen molar-refractivity contribution in [2.45, 2.75) is 162 Å². The maximum atomic E-state index is 15.0. The molecule has 0 aliphatic carbocycles. The Morgan fingerprint density at radius 1 is 0.955 bits per heavy atom. The number of ether oxygens (including phenoxy) is 1. The molecule has 2 heterocycles. The van der Waals surface area contributed by atoms with E-state index < -0.39 is 51.2 Å². The maximum absolute atomic E-state index is 15.0. The largest absolute Gasteiger partial charge is 0.399 e. The summed E-state index contributed by atoms with van der Waals surface area (Å²) in [5.41, 5.74) is 6.67. The van der Waals surface area contributed by atoms with Gasteiger partial charge < -0.3 is 26.0 Å². The molecule has 1 aliphatic rings. The van der Waals surface area contributed by atoms with E-state index in [9.17, 15) is 27.6 Å². The normalized spacial score (nSPS) is 17.0. The molecule has 0 radical (unpaired) electrons. The second kappa shape index (κ2) is 26.4. The van der Waals surface area contributed by atoms with Crippen LogP contribution in [0.15, 0.2) is 60.0 Å². The Labute approximate surface area is 405 Å². The number of hydrogen-bond acceptors (Lipinski definition) is 11. The average Bonchev–Trinajstić information content (AvgIpc) is 3.78. The van der Waals surface area contributed by atoms with Crippen LogP contribution in [0.5, 0.6) is 0 Å². The summed E-state index contributed by atoms with van der Waals surface area (Å²) in [7, 11) is -2.06. The smallest absolute Gasteiger partial charge is 0.270 e. The predicted octanol–water partition coefficient (Wildman–Crippen LogP) is 8.05. The molecular weight excluding hydrogens is 887 g/mol. The zero-order chi connectivity index (χ0) is 49.3. The summed E-state index contributed by atoms with van der Waals surface area (Å²) >= 11 is 1.32. The fourth-order valence-corrected chi connectivity index (χ4v) is 10.9. The fourth-order valence-electron chi connectivity index (χ4n) is 8.82. The first-order chi connectivity index (χ1) is 31.8. The van der Waals surface area contributed by atoms with Crippen molar-refractivity contribution in [1.82, 2.24) is 30.1 Å².